The van der Waals surface area contributed by atoms with E-state index in [1.54, 1.807) is 30.5 Å². The van der Waals surface area contributed by atoms with Crippen LogP contribution in [0, 0.1) is 0 Å². The Labute approximate surface area is 141 Å². The first kappa shape index (κ1) is 16.9. The van der Waals surface area contributed by atoms with Gasteiger partial charge in [0.15, 0.2) is 0 Å². The van der Waals surface area contributed by atoms with E-state index in [0.717, 1.165) is 17.7 Å². The minimum absolute atomic E-state index is 0.224. The first-order valence-corrected chi connectivity index (χ1v) is 9.42. The van der Waals surface area contributed by atoms with E-state index in [1.165, 1.54) is 0 Å². The second-order valence-corrected chi connectivity index (χ2v) is 7.21. The number of hydrogen-bond acceptors (Lipinski definition) is 5. The first-order valence-electron chi connectivity index (χ1n) is 7.94. The molecule has 1 aliphatic heterocycles. The molecule has 130 valence electrons. The lowest BCUT2D eigenvalue weighted by molar-refractivity contribution is 0.109. The Kier molecular flexibility index (Phi) is 5.17. The van der Waals surface area contributed by atoms with Gasteiger partial charge in [-0.05, 0) is 31.2 Å². The summed E-state index contributed by atoms with van der Waals surface area (Å²) in [6.45, 7) is 4.45. The Morgan fingerprint density at radius 1 is 1.33 bits per heavy atom. The molecule has 0 fully saturated rings. The number of nitrogens with zero attached hydrogens (tertiary/aromatic N) is 2. The third-order valence-corrected chi connectivity index (χ3v) is 5.31. The van der Waals surface area contributed by atoms with Crippen LogP contribution < -0.4 is 9.46 Å². The van der Waals surface area contributed by atoms with Crippen LogP contribution in [0.4, 0.5) is 0 Å². The van der Waals surface area contributed by atoms with Gasteiger partial charge in [-0.15, -0.1) is 0 Å². The molecule has 0 aliphatic carbocycles. The molecule has 1 aromatic heterocycles. The van der Waals surface area contributed by atoms with E-state index in [2.05, 4.69) is 9.82 Å². The molecular weight excluding hydrogens is 330 g/mol. The maximum atomic E-state index is 12.3. The Balaban J connectivity index is 1.60. The number of benzene rings is 1. The molecule has 1 aromatic carbocycles. The molecule has 1 aliphatic rings. The molecule has 0 amide bonds. The SMILES string of the molecule is CCOc1ccc(S(=O)(=O)NCCn2ncc3c2CCOC3)cc1. The van der Waals surface area contributed by atoms with Gasteiger partial charge in [0.25, 0.3) is 0 Å². The van der Waals surface area contributed by atoms with Crippen molar-refractivity contribution in [3.8, 4) is 5.75 Å². The molecule has 0 saturated heterocycles. The highest BCUT2D eigenvalue weighted by atomic mass is 32.2. The minimum atomic E-state index is -3.54. The highest BCUT2D eigenvalue weighted by Crippen LogP contribution is 2.17. The van der Waals surface area contributed by atoms with Crippen molar-refractivity contribution in [1.82, 2.24) is 14.5 Å². The molecule has 1 N–H and O–H groups in total. The van der Waals surface area contributed by atoms with E-state index >= 15 is 0 Å². The van der Waals surface area contributed by atoms with Gasteiger partial charge in [0.05, 0.1) is 37.5 Å². The van der Waals surface area contributed by atoms with Gasteiger partial charge in [-0.1, -0.05) is 0 Å². The Morgan fingerprint density at radius 2 is 2.12 bits per heavy atom. The standard InChI is InChI=1S/C16H21N3O4S/c1-2-23-14-3-5-15(6-4-14)24(20,21)18-8-9-19-16-7-10-22-12-13(16)11-17-19/h3-6,11,18H,2,7-10,12H2,1H3. The predicted octanol–water partition coefficient (Wildman–Crippen LogP) is 1.33. The molecule has 0 saturated carbocycles. The third-order valence-electron chi connectivity index (χ3n) is 3.84. The van der Waals surface area contributed by atoms with E-state index in [4.69, 9.17) is 9.47 Å². The van der Waals surface area contributed by atoms with Crippen LogP contribution in [-0.4, -0.2) is 38.0 Å². The summed E-state index contributed by atoms with van der Waals surface area (Å²) >= 11 is 0. The largest absolute Gasteiger partial charge is 0.494 e. The van der Waals surface area contributed by atoms with Crippen LogP contribution in [0.1, 0.15) is 18.2 Å². The molecule has 7 nitrogen and oxygen atoms in total. The van der Waals surface area contributed by atoms with Crippen LogP contribution in [0.2, 0.25) is 0 Å². The van der Waals surface area contributed by atoms with Crippen LogP contribution in [0.25, 0.3) is 0 Å². The van der Waals surface area contributed by atoms with Gasteiger partial charge in [0.2, 0.25) is 10.0 Å². The van der Waals surface area contributed by atoms with Crippen molar-refractivity contribution in [3.05, 3.63) is 41.7 Å². The monoisotopic (exact) mass is 351 g/mol. The number of fused-ring (bicyclic) bond motifs is 1. The third kappa shape index (κ3) is 3.77. The molecule has 0 unspecified atom stereocenters. The summed E-state index contributed by atoms with van der Waals surface area (Å²) in [4.78, 5) is 0.224. The summed E-state index contributed by atoms with van der Waals surface area (Å²) in [6.07, 6.45) is 2.59. The summed E-state index contributed by atoms with van der Waals surface area (Å²) in [5.74, 6) is 0.654. The number of nitrogens with one attached hydrogen (secondary N) is 1. The van der Waals surface area contributed by atoms with E-state index in [-0.39, 0.29) is 11.4 Å². The summed E-state index contributed by atoms with van der Waals surface area (Å²) in [6, 6.07) is 6.39. The van der Waals surface area contributed by atoms with Crippen LogP contribution in [0.3, 0.4) is 0 Å². The molecule has 3 rings (SSSR count). The lowest BCUT2D eigenvalue weighted by atomic mass is 10.2. The van der Waals surface area contributed by atoms with Gasteiger partial charge in [0.1, 0.15) is 5.75 Å². The van der Waals surface area contributed by atoms with Crippen molar-refractivity contribution >= 4 is 10.0 Å². The van der Waals surface area contributed by atoms with Gasteiger partial charge in [0, 0.05) is 24.2 Å². The van der Waals surface area contributed by atoms with E-state index < -0.39 is 10.0 Å². The smallest absolute Gasteiger partial charge is 0.240 e. The molecule has 0 radical (unpaired) electrons. The molecule has 2 heterocycles. The van der Waals surface area contributed by atoms with Crippen LogP contribution in [0.5, 0.6) is 5.75 Å². The van der Waals surface area contributed by atoms with Crippen LogP contribution in [0.15, 0.2) is 35.4 Å². The second-order valence-electron chi connectivity index (χ2n) is 5.44. The van der Waals surface area contributed by atoms with E-state index in [0.29, 0.717) is 32.1 Å². The van der Waals surface area contributed by atoms with Crippen LogP contribution >= 0.6 is 0 Å². The number of sulfonamides is 1. The van der Waals surface area contributed by atoms with Gasteiger partial charge < -0.3 is 9.47 Å². The lowest BCUT2D eigenvalue weighted by Crippen LogP contribution is -2.28. The molecule has 0 atom stereocenters. The Bertz CT molecular complexity index is 784. The Hall–Kier alpha value is -1.90. The van der Waals surface area contributed by atoms with Gasteiger partial charge in [-0.2, -0.15) is 5.10 Å². The number of rotatable bonds is 7. The second kappa shape index (κ2) is 7.33. The summed E-state index contributed by atoms with van der Waals surface area (Å²) in [7, 11) is -3.54. The fraction of sp³-hybridized carbons (Fsp3) is 0.438. The zero-order valence-electron chi connectivity index (χ0n) is 13.6. The Morgan fingerprint density at radius 3 is 2.88 bits per heavy atom. The number of aromatic nitrogens is 2. The highest BCUT2D eigenvalue weighted by Gasteiger charge is 2.17. The van der Waals surface area contributed by atoms with Gasteiger partial charge >= 0.3 is 0 Å². The van der Waals surface area contributed by atoms with Gasteiger partial charge in [-0.25, -0.2) is 13.1 Å². The fourth-order valence-electron chi connectivity index (χ4n) is 2.65. The predicted molar refractivity (Wildman–Crippen MR) is 88.4 cm³/mol. The topological polar surface area (TPSA) is 82.5 Å². The average Bonchev–Trinajstić information content (AvgIpc) is 2.99. The average molecular weight is 351 g/mol. The van der Waals surface area contributed by atoms with Crippen molar-refractivity contribution in [3.63, 3.8) is 0 Å². The van der Waals surface area contributed by atoms with Crippen molar-refractivity contribution < 1.29 is 17.9 Å². The molecule has 0 bridgehead atoms. The highest BCUT2D eigenvalue weighted by molar-refractivity contribution is 7.89. The van der Waals surface area contributed by atoms with Crippen molar-refractivity contribution in [1.29, 1.82) is 0 Å². The summed E-state index contributed by atoms with van der Waals surface area (Å²) in [5, 5.41) is 4.31. The van der Waals surface area contributed by atoms with Crippen molar-refractivity contribution in [2.45, 2.75) is 31.4 Å². The van der Waals surface area contributed by atoms with Crippen LogP contribution in [-0.2, 0) is 34.3 Å². The normalized spacial score (nSPS) is 14.4. The summed E-state index contributed by atoms with van der Waals surface area (Å²) in [5.41, 5.74) is 2.21. The molecule has 2 aromatic rings. The number of ether oxygens (including phenoxy) is 2. The fourth-order valence-corrected chi connectivity index (χ4v) is 3.68. The lowest BCUT2D eigenvalue weighted by Gasteiger charge is -2.15. The maximum Gasteiger partial charge on any atom is 0.240 e. The molecule has 24 heavy (non-hydrogen) atoms. The molecule has 0 spiro atoms. The molecular formula is C16H21N3O4S. The summed E-state index contributed by atoms with van der Waals surface area (Å²) < 4.78 is 39.8. The first-order chi connectivity index (χ1) is 11.6. The van der Waals surface area contributed by atoms with E-state index in [1.807, 2.05) is 11.6 Å². The zero-order chi connectivity index (χ0) is 17.0. The van der Waals surface area contributed by atoms with Gasteiger partial charge in [-0.3, -0.25) is 4.68 Å². The van der Waals surface area contributed by atoms with Crippen molar-refractivity contribution in [2.75, 3.05) is 19.8 Å². The minimum Gasteiger partial charge on any atom is -0.494 e. The number of hydrogen-bond donors (Lipinski definition) is 1. The molecule has 8 heteroatoms. The van der Waals surface area contributed by atoms with Crippen molar-refractivity contribution in [2.24, 2.45) is 0 Å². The quantitative estimate of drug-likeness (QED) is 0.814. The van der Waals surface area contributed by atoms with E-state index in [9.17, 15) is 8.42 Å². The maximum absolute atomic E-state index is 12.3. The zero-order valence-corrected chi connectivity index (χ0v) is 14.4.